The van der Waals surface area contributed by atoms with Crippen LogP contribution in [0, 0.1) is 6.92 Å². The first kappa shape index (κ1) is 15.6. The van der Waals surface area contributed by atoms with Gasteiger partial charge in [-0.15, -0.1) is 0 Å². The summed E-state index contributed by atoms with van der Waals surface area (Å²) in [5.74, 6) is -1.33. The quantitative estimate of drug-likeness (QED) is 0.615. The Morgan fingerprint density at radius 3 is 2.50 bits per heavy atom. The highest BCUT2D eigenvalue weighted by atomic mass is 16.5. The molecule has 0 saturated carbocycles. The van der Waals surface area contributed by atoms with Crippen LogP contribution in [0.2, 0.25) is 0 Å². The molecule has 2 aromatic rings. The minimum absolute atomic E-state index is 0.0606. The molecule has 0 fully saturated rings. The maximum atomic E-state index is 12.0. The number of hydrogen-bond donors (Lipinski definition) is 0. The lowest BCUT2D eigenvalue weighted by atomic mass is 10.1. The summed E-state index contributed by atoms with van der Waals surface area (Å²) in [6.45, 7) is 1.78. The van der Waals surface area contributed by atoms with Crippen LogP contribution >= 0.6 is 0 Å². The summed E-state index contributed by atoms with van der Waals surface area (Å²) in [4.78, 5) is 35.3. The number of methoxy groups -OCH3 is 2. The van der Waals surface area contributed by atoms with E-state index in [-0.39, 0.29) is 11.1 Å². The maximum Gasteiger partial charge on any atom is 0.340 e. The van der Waals surface area contributed by atoms with Crippen LogP contribution in [0.1, 0.15) is 11.3 Å². The second-order valence-electron chi connectivity index (χ2n) is 4.69. The molecule has 0 unspecified atom stereocenters. The predicted molar refractivity (Wildman–Crippen MR) is 79.4 cm³/mol. The number of carbonyl (C=O) groups excluding carboxylic acids is 2. The first-order valence-electron chi connectivity index (χ1n) is 6.46. The van der Waals surface area contributed by atoms with E-state index in [1.54, 1.807) is 30.6 Å². The van der Waals surface area contributed by atoms with Crippen LogP contribution in [0.5, 0.6) is 0 Å². The third kappa shape index (κ3) is 2.52. The molecule has 2 heterocycles. The highest BCUT2D eigenvalue weighted by Gasteiger charge is 2.21. The van der Waals surface area contributed by atoms with Gasteiger partial charge in [0.15, 0.2) is 0 Å². The number of rotatable bonds is 3. The van der Waals surface area contributed by atoms with E-state index in [4.69, 9.17) is 4.74 Å². The molecule has 0 atom stereocenters. The Kier molecular flexibility index (Phi) is 4.16. The highest BCUT2D eigenvalue weighted by molar-refractivity contribution is 6.20. The Morgan fingerprint density at radius 2 is 1.91 bits per heavy atom. The molecular weight excluding hydrogens is 288 g/mol. The topological polar surface area (TPSA) is 79.0 Å². The lowest BCUT2D eigenvalue weighted by molar-refractivity contribution is -0.136. The zero-order valence-electron chi connectivity index (χ0n) is 12.7. The zero-order chi connectivity index (χ0) is 16.4. The highest BCUT2D eigenvalue weighted by Crippen LogP contribution is 2.24. The van der Waals surface area contributed by atoms with Crippen molar-refractivity contribution in [2.75, 3.05) is 14.2 Å². The van der Waals surface area contributed by atoms with E-state index in [2.05, 4.69) is 4.74 Å². The second-order valence-corrected chi connectivity index (χ2v) is 4.69. The van der Waals surface area contributed by atoms with Gasteiger partial charge in [-0.25, -0.2) is 9.59 Å². The smallest absolute Gasteiger partial charge is 0.340 e. The van der Waals surface area contributed by atoms with Gasteiger partial charge < -0.3 is 13.9 Å². The summed E-state index contributed by atoms with van der Waals surface area (Å²) in [6.07, 6.45) is 2.62. The number of hydrogen-bond acceptors (Lipinski definition) is 5. The molecule has 0 bridgehead atoms. The standard InChI is InChI=1S/C15H16N2O5/c1-9-7-11-16(2)12(18)5-6-17(11)14(9)10(15(20)22-4)8-13(19)21-3/h5-8H,1-4H3/b10-8+. The number of aryl methyl sites for hydroxylation is 2. The van der Waals surface area contributed by atoms with E-state index in [0.29, 0.717) is 11.3 Å². The summed E-state index contributed by atoms with van der Waals surface area (Å²) in [5, 5.41) is 0. The normalized spacial score (nSPS) is 11.5. The number of aromatic nitrogens is 2. The SMILES string of the molecule is COC(=O)/C=C(/C(=O)OC)c1c(C)cc2n(C)c(=O)ccn12. The molecule has 2 aromatic heterocycles. The Hall–Kier alpha value is -2.83. The van der Waals surface area contributed by atoms with Crippen LogP contribution in [0.15, 0.2) is 29.2 Å². The molecular formula is C15H16N2O5. The van der Waals surface area contributed by atoms with E-state index in [0.717, 1.165) is 11.6 Å². The molecule has 0 radical (unpaired) electrons. The first-order valence-corrected chi connectivity index (χ1v) is 6.46. The van der Waals surface area contributed by atoms with Crippen molar-refractivity contribution >= 4 is 23.2 Å². The van der Waals surface area contributed by atoms with Crippen molar-refractivity contribution in [1.82, 2.24) is 8.97 Å². The average molecular weight is 304 g/mol. The fourth-order valence-electron chi connectivity index (χ4n) is 2.26. The minimum Gasteiger partial charge on any atom is -0.466 e. The molecule has 0 saturated heterocycles. The van der Waals surface area contributed by atoms with Gasteiger partial charge in [0.2, 0.25) is 0 Å². The van der Waals surface area contributed by atoms with Gasteiger partial charge in [0.25, 0.3) is 5.56 Å². The zero-order valence-corrected chi connectivity index (χ0v) is 12.7. The van der Waals surface area contributed by atoms with Crippen molar-refractivity contribution in [3.8, 4) is 0 Å². The van der Waals surface area contributed by atoms with Gasteiger partial charge in [-0.2, -0.15) is 0 Å². The van der Waals surface area contributed by atoms with Crippen molar-refractivity contribution in [2.45, 2.75) is 6.92 Å². The summed E-state index contributed by atoms with van der Waals surface area (Å²) in [5.41, 5.74) is 1.68. The minimum atomic E-state index is -0.667. The largest absolute Gasteiger partial charge is 0.466 e. The summed E-state index contributed by atoms with van der Waals surface area (Å²) >= 11 is 0. The molecule has 0 aliphatic heterocycles. The van der Waals surface area contributed by atoms with Crippen LogP contribution in [-0.2, 0) is 26.1 Å². The Morgan fingerprint density at radius 1 is 1.23 bits per heavy atom. The first-order chi connectivity index (χ1) is 10.4. The molecule has 0 spiro atoms. The Bertz CT molecular complexity index is 841. The van der Waals surface area contributed by atoms with Crippen LogP contribution in [0.4, 0.5) is 0 Å². The summed E-state index contributed by atoms with van der Waals surface area (Å²) in [7, 11) is 4.08. The number of ether oxygens (including phenoxy) is 2. The van der Waals surface area contributed by atoms with Crippen molar-refractivity contribution in [3.05, 3.63) is 46.0 Å². The second kappa shape index (κ2) is 5.88. The van der Waals surface area contributed by atoms with Crippen LogP contribution in [0.25, 0.3) is 11.2 Å². The molecule has 22 heavy (non-hydrogen) atoms. The average Bonchev–Trinajstić information content (AvgIpc) is 2.84. The summed E-state index contributed by atoms with van der Waals surface area (Å²) in [6, 6.07) is 3.13. The Balaban J connectivity index is 2.80. The van der Waals surface area contributed by atoms with Crippen LogP contribution in [0.3, 0.4) is 0 Å². The van der Waals surface area contributed by atoms with Gasteiger partial charge >= 0.3 is 11.9 Å². The van der Waals surface area contributed by atoms with E-state index in [9.17, 15) is 14.4 Å². The lowest BCUT2D eigenvalue weighted by Gasteiger charge is -2.09. The van der Waals surface area contributed by atoms with E-state index >= 15 is 0 Å². The van der Waals surface area contributed by atoms with Crippen LogP contribution in [-0.4, -0.2) is 35.1 Å². The Labute approximate surface area is 126 Å². The molecule has 7 heteroatoms. The fraction of sp³-hybridized carbons (Fsp3) is 0.267. The van der Waals surface area contributed by atoms with Crippen molar-refractivity contribution in [1.29, 1.82) is 0 Å². The number of fused-ring (bicyclic) bond motifs is 1. The van der Waals surface area contributed by atoms with Crippen molar-refractivity contribution in [3.63, 3.8) is 0 Å². The third-order valence-corrected chi connectivity index (χ3v) is 3.37. The molecule has 0 amide bonds. The number of carbonyl (C=O) groups is 2. The van der Waals surface area contributed by atoms with Crippen molar-refractivity contribution in [2.24, 2.45) is 7.05 Å². The monoisotopic (exact) mass is 304 g/mol. The van der Waals surface area contributed by atoms with E-state index in [1.807, 2.05) is 0 Å². The van der Waals surface area contributed by atoms with Gasteiger partial charge in [-0.05, 0) is 18.6 Å². The fourth-order valence-corrected chi connectivity index (χ4v) is 2.26. The molecule has 0 N–H and O–H groups in total. The van der Waals surface area contributed by atoms with Gasteiger partial charge in [-0.3, -0.25) is 9.36 Å². The molecule has 7 nitrogen and oxygen atoms in total. The third-order valence-electron chi connectivity index (χ3n) is 3.37. The molecule has 0 aromatic carbocycles. The van der Waals surface area contributed by atoms with Crippen molar-refractivity contribution < 1.29 is 19.1 Å². The van der Waals surface area contributed by atoms with E-state index in [1.165, 1.54) is 24.9 Å². The van der Waals surface area contributed by atoms with E-state index < -0.39 is 11.9 Å². The van der Waals surface area contributed by atoms with Gasteiger partial charge in [-0.1, -0.05) is 0 Å². The predicted octanol–water partition coefficient (Wildman–Crippen LogP) is 0.676. The molecule has 116 valence electrons. The molecule has 0 aliphatic rings. The van der Waals surface area contributed by atoms with Gasteiger partial charge in [0.05, 0.1) is 25.5 Å². The summed E-state index contributed by atoms with van der Waals surface area (Å²) < 4.78 is 12.4. The number of nitrogens with zero attached hydrogens (tertiary/aromatic N) is 2. The molecule has 0 aliphatic carbocycles. The van der Waals surface area contributed by atoms with Crippen LogP contribution < -0.4 is 5.56 Å². The maximum absolute atomic E-state index is 12.0. The lowest BCUT2D eigenvalue weighted by Crippen LogP contribution is -2.18. The number of esters is 2. The molecule has 2 rings (SSSR count). The van der Waals surface area contributed by atoms with Gasteiger partial charge in [0, 0.05) is 25.4 Å². The van der Waals surface area contributed by atoms with Gasteiger partial charge in [0.1, 0.15) is 5.65 Å².